The van der Waals surface area contributed by atoms with Gasteiger partial charge in [0.05, 0.1) is 10.5 Å². The van der Waals surface area contributed by atoms with E-state index in [1.54, 1.807) is 6.92 Å². The Morgan fingerprint density at radius 2 is 2.17 bits per heavy atom. The average molecular weight is 256 g/mol. The second kappa shape index (κ2) is 5.56. The second-order valence-corrected chi connectivity index (χ2v) is 4.02. The number of rotatable bonds is 6. The van der Waals surface area contributed by atoms with Crippen LogP contribution < -0.4 is 16.6 Å². The molecule has 1 heterocycles. The fraction of sp³-hybridized carbons (Fsp3) is 0.556. The smallest absolute Gasteiger partial charge is 0.354 e. The summed E-state index contributed by atoms with van der Waals surface area (Å²) in [6.07, 6.45) is 1.64. The van der Waals surface area contributed by atoms with Gasteiger partial charge in [0.15, 0.2) is 0 Å². The summed E-state index contributed by atoms with van der Waals surface area (Å²) in [7, 11) is 0. The van der Waals surface area contributed by atoms with Gasteiger partial charge in [0.2, 0.25) is 11.6 Å². The number of nitro groups is 1. The number of hydrazine groups is 1. The van der Waals surface area contributed by atoms with E-state index in [-0.39, 0.29) is 23.9 Å². The Kier molecular flexibility index (Phi) is 4.34. The Morgan fingerprint density at radius 1 is 1.56 bits per heavy atom. The Morgan fingerprint density at radius 3 is 2.67 bits per heavy atom. The number of aliphatic hydroxyl groups is 1. The van der Waals surface area contributed by atoms with Gasteiger partial charge in [-0.3, -0.25) is 10.1 Å². The van der Waals surface area contributed by atoms with Crippen molar-refractivity contribution in [1.29, 1.82) is 0 Å². The SMILES string of the molecule is CCC(C)(O)CNc1ncnc(NN)c1[N+](=O)[O-]. The van der Waals surface area contributed by atoms with E-state index in [4.69, 9.17) is 5.84 Å². The lowest BCUT2D eigenvalue weighted by atomic mass is 10.0. The third kappa shape index (κ3) is 3.25. The molecule has 0 amide bonds. The minimum atomic E-state index is -0.977. The molecule has 0 saturated heterocycles. The van der Waals surface area contributed by atoms with Gasteiger partial charge in [0, 0.05) is 6.54 Å². The van der Waals surface area contributed by atoms with E-state index in [1.165, 1.54) is 0 Å². The Labute approximate surface area is 104 Å². The van der Waals surface area contributed by atoms with Gasteiger partial charge in [-0.25, -0.2) is 15.8 Å². The number of nitrogens with one attached hydrogen (secondary N) is 2. The lowest BCUT2D eigenvalue weighted by Gasteiger charge is -2.21. The van der Waals surface area contributed by atoms with Crippen molar-refractivity contribution in [2.24, 2.45) is 5.84 Å². The van der Waals surface area contributed by atoms with Crippen molar-refractivity contribution < 1.29 is 10.0 Å². The lowest BCUT2D eigenvalue weighted by Crippen LogP contribution is -2.33. The van der Waals surface area contributed by atoms with Crippen molar-refractivity contribution in [3.63, 3.8) is 0 Å². The van der Waals surface area contributed by atoms with E-state index < -0.39 is 10.5 Å². The Bertz CT molecular complexity index is 436. The highest BCUT2D eigenvalue weighted by molar-refractivity contribution is 5.68. The molecule has 0 fully saturated rings. The van der Waals surface area contributed by atoms with Crippen LogP contribution in [0.5, 0.6) is 0 Å². The van der Waals surface area contributed by atoms with Gasteiger partial charge >= 0.3 is 5.69 Å². The number of aromatic nitrogens is 2. The maximum absolute atomic E-state index is 10.9. The first-order chi connectivity index (χ1) is 8.41. The van der Waals surface area contributed by atoms with Crippen LogP contribution in [-0.4, -0.2) is 32.1 Å². The van der Waals surface area contributed by atoms with Gasteiger partial charge in [0.1, 0.15) is 6.33 Å². The molecule has 0 aliphatic carbocycles. The molecule has 9 heteroatoms. The zero-order valence-corrected chi connectivity index (χ0v) is 10.2. The van der Waals surface area contributed by atoms with E-state index in [0.29, 0.717) is 6.42 Å². The highest BCUT2D eigenvalue weighted by Gasteiger charge is 2.24. The Hall–Kier alpha value is -2.00. The van der Waals surface area contributed by atoms with Gasteiger partial charge in [-0.1, -0.05) is 6.92 Å². The molecule has 0 aliphatic heterocycles. The fourth-order valence-electron chi connectivity index (χ4n) is 1.19. The van der Waals surface area contributed by atoms with Crippen LogP contribution in [0.4, 0.5) is 17.3 Å². The zero-order chi connectivity index (χ0) is 13.8. The summed E-state index contributed by atoms with van der Waals surface area (Å²) in [5.74, 6) is 5.07. The predicted molar refractivity (Wildman–Crippen MR) is 65.9 cm³/mol. The Balaban J connectivity index is 2.99. The fourth-order valence-corrected chi connectivity index (χ4v) is 1.19. The molecule has 1 aromatic heterocycles. The summed E-state index contributed by atoms with van der Waals surface area (Å²) < 4.78 is 0. The summed E-state index contributed by atoms with van der Waals surface area (Å²) >= 11 is 0. The molecule has 0 aromatic carbocycles. The molecule has 0 saturated carbocycles. The van der Waals surface area contributed by atoms with E-state index in [0.717, 1.165) is 6.33 Å². The number of nitrogen functional groups attached to an aromatic ring is 1. The number of nitrogens with two attached hydrogens (primary N) is 1. The summed E-state index contributed by atoms with van der Waals surface area (Å²) in [4.78, 5) is 17.7. The van der Waals surface area contributed by atoms with E-state index in [9.17, 15) is 15.2 Å². The van der Waals surface area contributed by atoms with Crippen LogP contribution in [0.25, 0.3) is 0 Å². The number of anilines is 2. The molecular weight excluding hydrogens is 240 g/mol. The van der Waals surface area contributed by atoms with Gasteiger partial charge in [-0.2, -0.15) is 0 Å². The van der Waals surface area contributed by atoms with Crippen LogP contribution in [0.2, 0.25) is 0 Å². The first-order valence-electron chi connectivity index (χ1n) is 5.33. The maximum atomic E-state index is 10.9. The third-order valence-electron chi connectivity index (χ3n) is 2.54. The third-order valence-corrected chi connectivity index (χ3v) is 2.54. The first-order valence-corrected chi connectivity index (χ1v) is 5.33. The first kappa shape index (κ1) is 14.1. The van der Waals surface area contributed by atoms with Gasteiger partial charge in [0.25, 0.3) is 0 Å². The molecule has 1 unspecified atom stereocenters. The number of hydrogen-bond donors (Lipinski definition) is 4. The van der Waals surface area contributed by atoms with Crippen LogP contribution in [0.1, 0.15) is 20.3 Å². The van der Waals surface area contributed by atoms with Crippen LogP contribution in [-0.2, 0) is 0 Å². The highest BCUT2D eigenvalue weighted by Crippen LogP contribution is 2.28. The van der Waals surface area contributed by atoms with E-state index >= 15 is 0 Å². The molecule has 18 heavy (non-hydrogen) atoms. The van der Waals surface area contributed by atoms with Gasteiger partial charge in [-0.05, 0) is 13.3 Å². The summed E-state index contributed by atoms with van der Waals surface area (Å²) in [6.45, 7) is 3.56. The average Bonchev–Trinajstić information content (AvgIpc) is 2.35. The van der Waals surface area contributed by atoms with Crippen molar-refractivity contribution >= 4 is 17.3 Å². The van der Waals surface area contributed by atoms with Gasteiger partial charge < -0.3 is 15.8 Å². The highest BCUT2D eigenvalue weighted by atomic mass is 16.6. The van der Waals surface area contributed by atoms with Crippen molar-refractivity contribution in [1.82, 2.24) is 9.97 Å². The molecule has 0 radical (unpaired) electrons. The van der Waals surface area contributed by atoms with Crippen molar-refractivity contribution in [3.8, 4) is 0 Å². The lowest BCUT2D eigenvalue weighted by molar-refractivity contribution is -0.383. The molecule has 1 rings (SSSR count). The van der Waals surface area contributed by atoms with Crippen LogP contribution >= 0.6 is 0 Å². The normalized spacial score (nSPS) is 13.8. The standard InChI is InChI=1S/C9H16N6O3/c1-3-9(2,16)4-11-7-6(15(17)18)8(14-10)13-5-12-7/h5,16H,3-4,10H2,1-2H3,(H2,11,12,13,14). The molecule has 0 bridgehead atoms. The molecule has 1 atom stereocenters. The predicted octanol–water partition coefficient (Wildman–Crippen LogP) is 0.243. The number of hydrogen-bond acceptors (Lipinski definition) is 8. The quantitative estimate of drug-likeness (QED) is 0.322. The summed E-state index contributed by atoms with van der Waals surface area (Å²) in [6, 6.07) is 0. The van der Waals surface area contributed by atoms with Crippen LogP contribution in [0.15, 0.2) is 6.33 Å². The largest absolute Gasteiger partial charge is 0.388 e. The second-order valence-electron chi connectivity index (χ2n) is 4.02. The molecule has 0 spiro atoms. The number of nitrogens with zero attached hydrogens (tertiary/aromatic N) is 3. The van der Waals surface area contributed by atoms with Crippen molar-refractivity contribution in [2.45, 2.75) is 25.9 Å². The minimum absolute atomic E-state index is 0.0108. The van der Waals surface area contributed by atoms with Crippen LogP contribution in [0, 0.1) is 10.1 Å². The van der Waals surface area contributed by atoms with E-state index in [2.05, 4.69) is 20.7 Å². The molecule has 100 valence electrons. The van der Waals surface area contributed by atoms with E-state index in [1.807, 2.05) is 6.92 Å². The topological polar surface area (TPSA) is 139 Å². The molecule has 1 aromatic rings. The van der Waals surface area contributed by atoms with Crippen molar-refractivity contribution in [3.05, 3.63) is 16.4 Å². The summed E-state index contributed by atoms with van der Waals surface area (Å²) in [5, 5.41) is 23.5. The molecular formula is C9H16N6O3. The maximum Gasteiger partial charge on any atom is 0.354 e. The van der Waals surface area contributed by atoms with Gasteiger partial charge in [-0.15, -0.1) is 0 Å². The molecule has 0 aliphatic rings. The molecule has 5 N–H and O–H groups in total. The van der Waals surface area contributed by atoms with Crippen LogP contribution in [0.3, 0.4) is 0 Å². The van der Waals surface area contributed by atoms with Crippen molar-refractivity contribution in [2.75, 3.05) is 17.3 Å². The molecule has 9 nitrogen and oxygen atoms in total. The minimum Gasteiger partial charge on any atom is -0.388 e. The monoisotopic (exact) mass is 256 g/mol. The summed E-state index contributed by atoms with van der Waals surface area (Å²) in [5.41, 5.74) is 0.801. The zero-order valence-electron chi connectivity index (χ0n) is 10.2.